The molecule has 0 amide bonds. The summed E-state index contributed by atoms with van der Waals surface area (Å²) < 4.78 is 27.4. The summed E-state index contributed by atoms with van der Waals surface area (Å²) in [6.07, 6.45) is 8.46. The first kappa shape index (κ1) is 24.2. The average molecular weight is 506 g/mol. The predicted molar refractivity (Wildman–Crippen MR) is 138 cm³/mol. The Balaban J connectivity index is 1.46. The normalized spacial score (nSPS) is 36.1. The molecule has 6 rings (SSSR count). The molecule has 2 saturated carbocycles. The zero-order chi connectivity index (χ0) is 25.3. The molecule has 190 valence electrons. The molecule has 1 aromatic carbocycles. The molecule has 0 bridgehead atoms. The van der Waals surface area contributed by atoms with Gasteiger partial charge >= 0.3 is 0 Å². The van der Waals surface area contributed by atoms with Crippen LogP contribution >= 0.6 is 0 Å². The molecule has 0 spiro atoms. The van der Waals surface area contributed by atoms with Crippen molar-refractivity contribution in [3.63, 3.8) is 0 Å². The van der Waals surface area contributed by atoms with E-state index in [0.717, 1.165) is 44.1 Å². The van der Waals surface area contributed by atoms with E-state index in [0.29, 0.717) is 42.7 Å². The van der Waals surface area contributed by atoms with Gasteiger partial charge in [0.2, 0.25) is 10.0 Å². The number of carbonyl (C=O) groups is 1. The molecule has 5 atom stereocenters. The quantitative estimate of drug-likeness (QED) is 0.603. The monoisotopic (exact) mass is 505 g/mol. The Bertz CT molecular complexity index is 1340. The van der Waals surface area contributed by atoms with Crippen LogP contribution in [-0.2, 0) is 14.8 Å². The third-order valence-electron chi connectivity index (χ3n) is 9.95. The predicted octanol–water partition coefficient (Wildman–Crippen LogP) is 4.73. The molecule has 1 saturated heterocycles. The standard InChI is InChI=1S/C30H35NO4S/c1-3-14-30(33)15-13-27-25-11-7-21-18-22(32)8-12-24(21)28(25)26(19-29(27,30)2)20-5-9-23(10-6-20)36(34,35)31-16-4-17-31/h5-6,9-10,18,25-27,33H,4,7-8,11-13,15-17,19H2,1-2H3/t25-,26+,27-,29-,30-/m0/s1. The van der Waals surface area contributed by atoms with E-state index in [9.17, 15) is 18.3 Å². The highest BCUT2D eigenvalue weighted by Crippen LogP contribution is 2.66. The van der Waals surface area contributed by atoms with Gasteiger partial charge in [-0.2, -0.15) is 4.31 Å². The summed E-state index contributed by atoms with van der Waals surface area (Å²) >= 11 is 0. The van der Waals surface area contributed by atoms with Crippen LogP contribution in [0.4, 0.5) is 0 Å². The van der Waals surface area contributed by atoms with E-state index in [-0.39, 0.29) is 17.1 Å². The molecule has 1 aromatic rings. The Morgan fingerprint density at radius 2 is 1.83 bits per heavy atom. The molecule has 1 heterocycles. The molecule has 36 heavy (non-hydrogen) atoms. The van der Waals surface area contributed by atoms with Gasteiger partial charge in [0.25, 0.3) is 0 Å². The molecular weight excluding hydrogens is 470 g/mol. The summed E-state index contributed by atoms with van der Waals surface area (Å²) in [6.45, 7) is 5.21. The highest BCUT2D eigenvalue weighted by molar-refractivity contribution is 7.89. The zero-order valence-corrected chi connectivity index (χ0v) is 22.0. The maximum absolute atomic E-state index is 12.9. The highest BCUT2D eigenvalue weighted by atomic mass is 32.2. The van der Waals surface area contributed by atoms with E-state index in [4.69, 9.17) is 0 Å². The second kappa shape index (κ2) is 8.41. The summed E-state index contributed by atoms with van der Waals surface area (Å²) in [5.41, 5.74) is 3.73. The number of allylic oxidation sites excluding steroid dienone is 4. The Morgan fingerprint density at radius 3 is 2.50 bits per heavy atom. The van der Waals surface area contributed by atoms with Crippen LogP contribution in [0.3, 0.4) is 0 Å². The van der Waals surface area contributed by atoms with Crippen molar-refractivity contribution >= 4 is 15.8 Å². The van der Waals surface area contributed by atoms with Crippen LogP contribution in [0.25, 0.3) is 0 Å². The van der Waals surface area contributed by atoms with E-state index in [1.807, 2.05) is 18.2 Å². The number of benzene rings is 1. The van der Waals surface area contributed by atoms with Crippen molar-refractivity contribution in [1.29, 1.82) is 0 Å². The Hall–Kier alpha value is -2.20. The minimum atomic E-state index is -3.43. The maximum Gasteiger partial charge on any atom is 0.243 e. The third kappa shape index (κ3) is 3.43. The number of nitrogens with zero attached hydrogens (tertiary/aromatic N) is 1. The summed E-state index contributed by atoms with van der Waals surface area (Å²) in [4.78, 5) is 12.6. The minimum Gasteiger partial charge on any atom is -0.377 e. The van der Waals surface area contributed by atoms with Gasteiger partial charge in [-0.3, -0.25) is 4.79 Å². The van der Waals surface area contributed by atoms with E-state index in [2.05, 4.69) is 18.8 Å². The second-order valence-corrected chi connectivity index (χ2v) is 13.5. The van der Waals surface area contributed by atoms with Crippen LogP contribution in [0.15, 0.2) is 52.0 Å². The number of fused-ring (bicyclic) bond motifs is 4. The Labute approximate surface area is 214 Å². The SMILES string of the molecule is CC#C[C@]1(O)CC[C@H]2[C@@H]3CCC4=CC(=O)CCC4=C3[C@@H](c3ccc(S(=O)(=O)N4CCC4)cc3)C[C@@]21C. The van der Waals surface area contributed by atoms with Crippen molar-refractivity contribution in [3.05, 3.63) is 52.6 Å². The van der Waals surface area contributed by atoms with Gasteiger partial charge in [-0.25, -0.2) is 8.42 Å². The van der Waals surface area contributed by atoms with Crippen LogP contribution in [0.1, 0.15) is 76.7 Å². The van der Waals surface area contributed by atoms with E-state index in [1.165, 1.54) is 21.0 Å². The number of rotatable bonds is 3. The maximum atomic E-state index is 12.9. The van der Waals surface area contributed by atoms with Crippen LogP contribution in [-0.4, -0.2) is 42.3 Å². The molecule has 5 aliphatic rings. The van der Waals surface area contributed by atoms with Crippen LogP contribution in [0.5, 0.6) is 0 Å². The van der Waals surface area contributed by atoms with Gasteiger partial charge in [0.1, 0.15) is 5.60 Å². The summed E-state index contributed by atoms with van der Waals surface area (Å²) in [7, 11) is -3.43. The van der Waals surface area contributed by atoms with Crippen molar-refractivity contribution in [1.82, 2.24) is 4.31 Å². The second-order valence-electron chi connectivity index (χ2n) is 11.6. The lowest BCUT2D eigenvalue weighted by Gasteiger charge is -2.53. The number of carbonyl (C=O) groups excluding carboxylic acids is 1. The number of ketones is 1. The molecule has 1 aliphatic heterocycles. The number of hydrogen-bond donors (Lipinski definition) is 1. The average Bonchev–Trinajstić information content (AvgIpc) is 3.07. The third-order valence-corrected chi connectivity index (χ3v) is 11.9. The number of aliphatic hydroxyl groups is 1. The fraction of sp³-hybridized carbons (Fsp3) is 0.567. The van der Waals surface area contributed by atoms with E-state index >= 15 is 0 Å². The van der Waals surface area contributed by atoms with Crippen molar-refractivity contribution in [3.8, 4) is 11.8 Å². The molecule has 1 N–H and O–H groups in total. The molecule has 0 unspecified atom stereocenters. The Morgan fingerprint density at radius 1 is 1.08 bits per heavy atom. The summed E-state index contributed by atoms with van der Waals surface area (Å²) in [5.74, 6) is 7.20. The lowest BCUT2D eigenvalue weighted by Crippen LogP contribution is -2.51. The van der Waals surface area contributed by atoms with Gasteiger partial charge in [-0.15, -0.1) is 5.92 Å². The first-order valence-corrected chi connectivity index (χ1v) is 14.8. The van der Waals surface area contributed by atoms with Crippen LogP contribution in [0, 0.1) is 29.1 Å². The first-order valence-electron chi connectivity index (χ1n) is 13.4. The van der Waals surface area contributed by atoms with E-state index in [1.54, 1.807) is 19.1 Å². The molecule has 4 aliphatic carbocycles. The molecule has 0 aromatic heterocycles. The molecule has 0 radical (unpaired) electrons. The Kier molecular flexibility index (Phi) is 5.64. The van der Waals surface area contributed by atoms with Crippen LogP contribution in [0.2, 0.25) is 0 Å². The van der Waals surface area contributed by atoms with Crippen molar-refractivity contribution in [2.75, 3.05) is 13.1 Å². The van der Waals surface area contributed by atoms with Crippen LogP contribution < -0.4 is 0 Å². The van der Waals surface area contributed by atoms with Gasteiger partial charge in [-0.05, 0) is 98.6 Å². The number of hydrogen-bond acceptors (Lipinski definition) is 4. The van der Waals surface area contributed by atoms with Gasteiger partial charge < -0.3 is 5.11 Å². The smallest absolute Gasteiger partial charge is 0.243 e. The zero-order valence-electron chi connectivity index (χ0n) is 21.2. The number of sulfonamides is 1. The van der Waals surface area contributed by atoms with Crippen molar-refractivity contribution < 1.29 is 18.3 Å². The molecular formula is C30H35NO4S. The lowest BCUT2D eigenvalue weighted by molar-refractivity contribution is -0.114. The topological polar surface area (TPSA) is 74.7 Å². The highest BCUT2D eigenvalue weighted by Gasteiger charge is 2.62. The lowest BCUT2D eigenvalue weighted by atomic mass is 9.51. The van der Waals surface area contributed by atoms with E-state index < -0.39 is 15.6 Å². The van der Waals surface area contributed by atoms with Gasteiger partial charge in [-0.1, -0.05) is 30.6 Å². The summed E-state index contributed by atoms with van der Waals surface area (Å²) in [5, 5.41) is 11.8. The minimum absolute atomic E-state index is 0.0761. The molecule has 3 fully saturated rings. The summed E-state index contributed by atoms with van der Waals surface area (Å²) in [6, 6.07) is 7.48. The van der Waals surface area contributed by atoms with Gasteiger partial charge in [0.05, 0.1) is 4.90 Å². The van der Waals surface area contributed by atoms with Crippen molar-refractivity contribution in [2.24, 2.45) is 17.3 Å². The van der Waals surface area contributed by atoms with Gasteiger partial charge in [0.15, 0.2) is 5.78 Å². The largest absolute Gasteiger partial charge is 0.377 e. The first-order chi connectivity index (χ1) is 17.2. The molecule has 6 heteroatoms. The fourth-order valence-corrected chi connectivity index (χ4v) is 9.44. The van der Waals surface area contributed by atoms with Crippen molar-refractivity contribution in [2.45, 2.75) is 81.6 Å². The fourth-order valence-electron chi connectivity index (χ4n) is 7.92. The molecule has 5 nitrogen and oxygen atoms in total. The van der Waals surface area contributed by atoms with Gasteiger partial charge in [0, 0.05) is 30.8 Å².